The monoisotopic (exact) mass is 254 g/mol. The average Bonchev–Trinajstić information content (AvgIpc) is 2.35. The number of pyridine rings is 1. The molecule has 18 heavy (non-hydrogen) atoms. The highest BCUT2D eigenvalue weighted by atomic mass is 19.1. The normalized spacial score (nSPS) is 10.4. The molecule has 0 unspecified atom stereocenters. The van der Waals surface area contributed by atoms with E-state index in [0.29, 0.717) is 6.07 Å². The molecule has 6 heteroatoms. The van der Waals surface area contributed by atoms with Crippen molar-refractivity contribution in [2.75, 3.05) is 0 Å². The predicted molar refractivity (Wildman–Crippen MR) is 58.5 cm³/mol. The molecule has 0 saturated carbocycles. The molecule has 94 valence electrons. The van der Waals surface area contributed by atoms with E-state index in [-0.39, 0.29) is 17.9 Å². The lowest BCUT2D eigenvalue weighted by molar-refractivity contribution is 0.393. The van der Waals surface area contributed by atoms with Crippen LogP contribution in [-0.4, -0.2) is 4.98 Å². The van der Waals surface area contributed by atoms with Gasteiger partial charge in [0.15, 0.2) is 17.4 Å². The maximum atomic E-state index is 13.7. The number of rotatable bonds is 3. The van der Waals surface area contributed by atoms with Crippen LogP contribution in [0, 0.1) is 17.5 Å². The van der Waals surface area contributed by atoms with Crippen LogP contribution in [0.4, 0.5) is 13.2 Å². The van der Waals surface area contributed by atoms with Gasteiger partial charge < -0.3 is 10.5 Å². The first-order valence-electron chi connectivity index (χ1n) is 5.08. The lowest BCUT2D eigenvalue weighted by atomic mass is 10.2. The number of nitrogens with zero attached hydrogens (tertiary/aromatic N) is 1. The summed E-state index contributed by atoms with van der Waals surface area (Å²) in [6.45, 7) is -0.0311. The SMILES string of the molecule is NCc1ccnc(Oc2ccc(F)cc2F)c1F. The van der Waals surface area contributed by atoms with Gasteiger partial charge in [-0.05, 0) is 18.2 Å². The van der Waals surface area contributed by atoms with Crippen molar-refractivity contribution in [3.8, 4) is 11.6 Å². The molecule has 0 spiro atoms. The molecule has 0 fully saturated rings. The first-order valence-corrected chi connectivity index (χ1v) is 5.08. The Hall–Kier alpha value is -2.08. The third-order valence-corrected chi connectivity index (χ3v) is 2.26. The Morgan fingerprint density at radius 1 is 1.17 bits per heavy atom. The molecule has 1 aromatic heterocycles. The van der Waals surface area contributed by atoms with E-state index in [0.717, 1.165) is 12.1 Å². The summed E-state index contributed by atoms with van der Waals surface area (Å²) >= 11 is 0. The van der Waals surface area contributed by atoms with Crippen molar-refractivity contribution in [3.63, 3.8) is 0 Å². The lowest BCUT2D eigenvalue weighted by Crippen LogP contribution is -2.03. The minimum absolute atomic E-state index is 0.0311. The summed E-state index contributed by atoms with van der Waals surface area (Å²) in [7, 11) is 0. The van der Waals surface area contributed by atoms with Crippen LogP contribution in [0.2, 0.25) is 0 Å². The zero-order valence-electron chi connectivity index (χ0n) is 9.16. The third-order valence-electron chi connectivity index (χ3n) is 2.26. The Morgan fingerprint density at radius 3 is 2.61 bits per heavy atom. The molecule has 0 atom stereocenters. The van der Waals surface area contributed by atoms with Crippen molar-refractivity contribution in [1.29, 1.82) is 0 Å². The summed E-state index contributed by atoms with van der Waals surface area (Å²) in [5, 5.41) is 0. The minimum Gasteiger partial charge on any atom is -0.433 e. The molecule has 0 radical (unpaired) electrons. The molecule has 2 rings (SSSR count). The second kappa shape index (κ2) is 5.05. The maximum Gasteiger partial charge on any atom is 0.256 e. The van der Waals surface area contributed by atoms with E-state index in [9.17, 15) is 13.2 Å². The summed E-state index contributed by atoms with van der Waals surface area (Å²) in [4.78, 5) is 3.63. The molecule has 0 aliphatic rings. The first kappa shape index (κ1) is 12.4. The first-order chi connectivity index (χ1) is 8.61. The second-order valence-corrected chi connectivity index (χ2v) is 3.47. The number of nitrogens with two attached hydrogens (primary N) is 1. The number of ether oxygens (including phenoxy) is 1. The van der Waals surface area contributed by atoms with Gasteiger partial charge in [-0.15, -0.1) is 0 Å². The molecular weight excluding hydrogens is 245 g/mol. The van der Waals surface area contributed by atoms with Gasteiger partial charge in [0.25, 0.3) is 5.88 Å². The summed E-state index contributed by atoms with van der Waals surface area (Å²) in [6, 6.07) is 4.09. The lowest BCUT2D eigenvalue weighted by Gasteiger charge is -2.08. The van der Waals surface area contributed by atoms with E-state index < -0.39 is 23.3 Å². The molecule has 0 aliphatic heterocycles. The minimum atomic E-state index is -0.936. The van der Waals surface area contributed by atoms with Crippen LogP contribution in [0.3, 0.4) is 0 Å². The summed E-state index contributed by atoms with van der Waals surface area (Å²) in [5.74, 6) is -3.15. The molecule has 1 aromatic carbocycles. The van der Waals surface area contributed by atoms with Gasteiger partial charge in [0.05, 0.1) is 0 Å². The summed E-state index contributed by atoms with van der Waals surface area (Å²) < 4.78 is 44.7. The molecule has 2 N–H and O–H groups in total. The third kappa shape index (κ3) is 2.43. The fourth-order valence-corrected chi connectivity index (χ4v) is 1.35. The summed E-state index contributed by atoms with van der Waals surface area (Å²) in [6.07, 6.45) is 1.29. The predicted octanol–water partition coefficient (Wildman–Crippen LogP) is 2.75. The smallest absolute Gasteiger partial charge is 0.256 e. The van der Waals surface area contributed by atoms with Crippen LogP contribution in [0.25, 0.3) is 0 Å². The Bertz CT molecular complexity index is 575. The highest BCUT2D eigenvalue weighted by molar-refractivity contribution is 5.31. The molecule has 2 aromatic rings. The van der Waals surface area contributed by atoms with Gasteiger partial charge in [0, 0.05) is 24.4 Å². The van der Waals surface area contributed by atoms with Gasteiger partial charge in [-0.25, -0.2) is 18.2 Å². The standard InChI is InChI=1S/C12H9F3N2O/c13-8-1-2-10(9(14)5-8)18-12-11(15)7(6-16)3-4-17-12/h1-5H,6,16H2. The number of hydrogen-bond acceptors (Lipinski definition) is 3. The fourth-order valence-electron chi connectivity index (χ4n) is 1.35. The van der Waals surface area contributed by atoms with Gasteiger partial charge in [-0.3, -0.25) is 0 Å². The molecule has 0 saturated heterocycles. The number of halogens is 3. The van der Waals surface area contributed by atoms with Crippen molar-refractivity contribution >= 4 is 0 Å². The Balaban J connectivity index is 2.34. The van der Waals surface area contributed by atoms with Gasteiger partial charge in [-0.2, -0.15) is 0 Å². The largest absolute Gasteiger partial charge is 0.433 e. The van der Waals surface area contributed by atoms with Crippen LogP contribution in [-0.2, 0) is 6.54 Å². The highest BCUT2D eigenvalue weighted by Gasteiger charge is 2.13. The van der Waals surface area contributed by atoms with E-state index >= 15 is 0 Å². The van der Waals surface area contributed by atoms with E-state index in [1.54, 1.807) is 0 Å². The van der Waals surface area contributed by atoms with Crippen LogP contribution in [0.5, 0.6) is 11.6 Å². The van der Waals surface area contributed by atoms with E-state index in [1.165, 1.54) is 12.3 Å². The molecule has 1 heterocycles. The number of aromatic nitrogens is 1. The summed E-state index contributed by atoms with van der Waals surface area (Å²) in [5.41, 5.74) is 5.51. The topological polar surface area (TPSA) is 48.1 Å². The van der Waals surface area contributed by atoms with Crippen LogP contribution >= 0.6 is 0 Å². The van der Waals surface area contributed by atoms with Crippen LogP contribution < -0.4 is 10.5 Å². The van der Waals surface area contributed by atoms with Gasteiger partial charge in [-0.1, -0.05) is 0 Å². The number of benzene rings is 1. The average molecular weight is 254 g/mol. The molecule has 0 amide bonds. The molecule has 3 nitrogen and oxygen atoms in total. The highest BCUT2D eigenvalue weighted by Crippen LogP contribution is 2.26. The second-order valence-electron chi connectivity index (χ2n) is 3.47. The zero-order chi connectivity index (χ0) is 13.1. The molecular formula is C12H9F3N2O. The van der Waals surface area contributed by atoms with Gasteiger partial charge >= 0.3 is 0 Å². The molecule has 0 aliphatic carbocycles. The van der Waals surface area contributed by atoms with Crippen molar-refractivity contribution in [2.24, 2.45) is 5.73 Å². The van der Waals surface area contributed by atoms with E-state index in [4.69, 9.17) is 10.5 Å². The fraction of sp³-hybridized carbons (Fsp3) is 0.0833. The Morgan fingerprint density at radius 2 is 1.94 bits per heavy atom. The van der Waals surface area contributed by atoms with Crippen molar-refractivity contribution in [3.05, 3.63) is 53.5 Å². The molecule has 0 bridgehead atoms. The van der Waals surface area contributed by atoms with E-state index in [1.807, 2.05) is 0 Å². The van der Waals surface area contributed by atoms with Gasteiger partial charge in [0.1, 0.15) is 5.82 Å². The van der Waals surface area contributed by atoms with Gasteiger partial charge in [0.2, 0.25) is 0 Å². The quantitative estimate of drug-likeness (QED) is 0.916. The van der Waals surface area contributed by atoms with Crippen LogP contribution in [0.1, 0.15) is 5.56 Å². The number of hydrogen-bond donors (Lipinski definition) is 1. The Labute approximate surface area is 101 Å². The van der Waals surface area contributed by atoms with Crippen LogP contribution in [0.15, 0.2) is 30.5 Å². The Kier molecular flexibility index (Phi) is 3.47. The van der Waals surface area contributed by atoms with Crippen molar-refractivity contribution in [2.45, 2.75) is 6.54 Å². The van der Waals surface area contributed by atoms with E-state index in [2.05, 4.69) is 4.98 Å². The van der Waals surface area contributed by atoms with Crippen molar-refractivity contribution < 1.29 is 17.9 Å². The maximum absolute atomic E-state index is 13.7. The van der Waals surface area contributed by atoms with Crippen molar-refractivity contribution in [1.82, 2.24) is 4.98 Å². The zero-order valence-corrected chi connectivity index (χ0v) is 9.16.